The number of anilines is 1. The van der Waals surface area contributed by atoms with Gasteiger partial charge in [0.2, 0.25) is 5.91 Å². The molecule has 1 saturated heterocycles. The number of benzene rings is 1. The average molecular weight is 355 g/mol. The highest BCUT2D eigenvalue weighted by molar-refractivity contribution is 5.94. The molecular weight excluding hydrogens is 326 g/mol. The smallest absolute Gasteiger partial charge is 0.253 e. The predicted molar refractivity (Wildman–Crippen MR) is 106 cm³/mol. The maximum absolute atomic E-state index is 12.6. The highest BCUT2D eigenvalue weighted by Gasteiger charge is 2.17. The summed E-state index contributed by atoms with van der Waals surface area (Å²) >= 11 is 0. The second-order valence-corrected chi connectivity index (χ2v) is 6.51. The monoisotopic (exact) mass is 355 g/mol. The molecule has 2 rings (SSSR count). The van der Waals surface area contributed by atoms with Crippen LogP contribution >= 0.6 is 0 Å². The zero-order valence-electron chi connectivity index (χ0n) is 15.5. The number of rotatable bonds is 8. The number of carbonyl (C=O) groups is 2. The molecule has 0 aromatic heterocycles. The number of hydrogen-bond acceptors (Lipinski definition) is 3. The van der Waals surface area contributed by atoms with Crippen molar-refractivity contribution in [3.05, 3.63) is 55.1 Å². The molecule has 5 nitrogen and oxygen atoms in total. The van der Waals surface area contributed by atoms with E-state index in [1.807, 2.05) is 29.2 Å². The van der Waals surface area contributed by atoms with Crippen molar-refractivity contribution in [3.8, 4) is 0 Å². The van der Waals surface area contributed by atoms with Crippen LogP contribution in [0.1, 0.15) is 36.0 Å². The van der Waals surface area contributed by atoms with Crippen LogP contribution in [0.4, 0.5) is 5.69 Å². The Morgan fingerprint density at radius 1 is 1.00 bits per heavy atom. The van der Waals surface area contributed by atoms with Gasteiger partial charge in [-0.05, 0) is 37.1 Å². The number of nitrogens with zero attached hydrogens (tertiary/aromatic N) is 2. The quantitative estimate of drug-likeness (QED) is 0.728. The van der Waals surface area contributed by atoms with Gasteiger partial charge >= 0.3 is 0 Å². The summed E-state index contributed by atoms with van der Waals surface area (Å²) < 4.78 is 0. The van der Waals surface area contributed by atoms with Crippen LogP contribution in [0.5, 0.6) is 0 Å². The molecule has 1 aliphatic heterocycles. The molecular formula is C21H29N3O2. The van der Waals surface area contributed by atoms with Crippen LogP contribution in [-0.4, -0.2) is 54.3 Å². The number of carbonyl (C=O) groups excluding carboxylic acids is 2. The fraction of sp³-hybridized carbons (Fsp3) is 0.429. The van der Waals surface area contributed by atoms with Crippen LogP contribution < -0.4 is 5.32 Å². The molecule has 0 bridgehead atoms. The Morgan fingerprint density at radius 3 is 2.12 bits per heavy atom. The van der Waals surface area contributed by atoms with Gasteiger partial charge < -0.3 is 15.1 Å². The van der Waals surface area contributed by atoms with E-state index < -0.39 is 0 Å². The number of likely N-dealkylation sites (tertiary alicyclic amines) is 1. The molecule has 0 atom stereocenters. The summed E-state index contributed by atoms with van der Waals surface area (Å²) in [5.41, 5.74) is 1.52. The van der Waals surface area contributed by atoms with Crippen LogP contribution in [0, 0.1) is 0 Å². The van der Waals surface area contributed by atoms with E-state index in [1.165, 1.54) is 12.8 Å². The van der Waals surface area contributed by atoms with E-state index in [-0.39, 0.29) is 18.4 Å². The molecule has 140 valence electrons. The minimum atomic E-state index is -0.0190. The molecule has 5 heteroatoms. The number of nitrogens with one attached hydrogen (secondary N) is 1. The summed E-state index contributed by atoms with van der Waals surface area (Å²) in [5.74, 6) is 0.0761. The Labute approximate surface area is 156 Å². The summed E-state index contributed by atoms with van der Waals surface area (Å²) in [5, 5.41) is 3.11. The molecule has 1 aliphatic rings. The van der Waals surface area contributed by atoms with E-state index in [1.54, 1.807) is 17.1 Å². The van der Waals surface area contributed by atoms with E-state index in [2.05, 4.69) is 18.5 Å². The van der Waals surface area contributed by atoms with Crippen LogP contribution in [0.2, 0.25) is 0 Å². The van der Waals surface area contributed by atoms with Gasteiger partial charge in [-0.3, -0.25) is 9.59 Å². The summed E-state index contributed by atoms with van der Waals surface area (Å²) in [6.07, 6.45) is 7.97. The molecule has 0 spiro atoms. The number of hydrogen-bond donors (Lipinski definition) is 1. The van der Waals surface area contributed by atoms with Gasteiger partial charge in [0.05, 0.1) is 6.54 Å². The molecule has 26 heavy (non-hydrogen) atoms. The van der Waals surface area contributed by atoms with E-state index >= 15 is 0 Å². The third-order valence-corrected chi connectivity index (χ3v) is 4.52. The Hall–Kier alpha value is -2.56. The molecule has 1 fully saturated rings. The van der Waals surface area contributed by atoms with Gasteiger partial charge in [0, 0.05) is 37.4 Å². The summed E-state index contributed by atoms with van der Waals surface area (Å²) in [7, 11) is 0. The van der Waals surface area contributed by atoms with Crippen molar-refractivity contribution in [1.82, 2.24) is 9.80 Å². The molecule has 0 aliphatic carbocycles. The van der Waals surface area contributed by atoms with Crippen LogP contribution in [0.15, 0.2) is 49.6 Å². The molecule has 1 N–H and O–H groups in total. The van der Waals surface area contributed by atoms with Gasteiger partial charge in [-0.1, -0.05) is 25.0 Å². The van der Waals surface area contributed by atoms with Crippen LogP contribution in [0.25, 0.3) is 0 Å². The van der Waals surface area contributed by atoms with Gasteiger partial charge in [-0.2, -0.15) is 0 Å². The Morgan fingerprint density at radius 2 is 1.58 bits per heavy atom. The molecule has 1 aromatic carbocycles. The van der Waals surface area contributed by atoms with Crippen molar-refractivity contribution in [3.63, 3.8) is 0 Å². The molecule has 0 unspecified atom stereocenters. The van der Waals surface area contributed by atoms with Crippen molar-refractivity contribution in [2.75, 3.05) is 38.0 Å². The zero-order chi connectivity index (χ0) is 18.8. The molecule has 0 radical (unpaired) electrons. The Balaban J connectivity index is 1.90. The lowest BCUT2D eigenvalue weighted by Crippen LogP contribution is -2.35. The minimum absolute atomic E-state index is 0.0190. The molecule has 0 saturated carbocycles. The second kappa shape index (κ2) is 10.4. The first-order valence-electron chi connectivity index (χ1n) is 9.28. The summed E-state index contributed by atoms with van der Waals surface area (Å²) in [6, 6.07) is 7.35. The van der Waals surface area contributed by atoms with E-state index in [9.17, 15) is 9.59 Å². The summed E-state index contributed by atoms with van der Waals surface area (Å²) in [6.45, 7) is 10.2. The topological polar surface area (TPSA) is 52.7 Å². The van der Waals surface area contributed by atoms with Gasteiger partial charge in [0.15, 0.2) is 0 Å². The lowest BCUT2D eigenvalue weighted by molar-refractivity contribution is -0.128. The lowest BCUT2D eigenvalue weighted by Gasteiger charge is -2.21. The maximum atomic E-state index is 12.6. The van der Waals surface area contributed by atoms with E-state index in [0.29, 0.717) is 18.7 Å². The average Bonchev–Trinajstić information content (AvgIpc) is 2.95. The van der Waals surface area contributed by atoms with Crippen molar-refractivity contribution < 1.29 is 9.59 Å². The first kappa shape index (κ1) is 19.8. The highest BCUT2D eigenvalue weighted by Crippen LogP contribution is 2.15. The predicted octanol–water partition coefficient (Wildman–Crippen LogP) is 3.32. The summed E-state index contributed by atoms with van der Waals surface area (Å²) in [4.78, 5) is 28.4. The lowest BCUT2D eigenvalue weighted by atomic mass is 10.1. The van der Waals surface area contributed by atoms with Crippen molar-refractivity contribution in [2.45, 2.75) is 25.7 Å². The molecule has 2 amide bonds. The third kappa shape index (κ3) is 5.76. The van der Waals surface area contributed by atoms with Gasteiger partial charge in [-0.25, -0.2) is 0 Å². The van der Waals surface area contributed by atoms with Gasteiger partial charge in [0.25, 0.3) is 5.91 Å². The van der Waals surface area contributed by atoms with E-state index in [0.717, 1.165) is 31.6 Å². The normalized spacial score (nSPS) is 14.2. The fourth-order valence-electron chi connectivity index (χ4n) is 3.07. The van der Waals surface area contributed by atoms with Crippen molar-refractivity contribution in [2.24, 2.45) is 0 Å². The molecule has 1 heterocycles. The highest BCUT2D eigenvalue weighted by atomic mass is 16.2. The maximum Gasteiger partial charge on any atom is 0.253 e. The standard InChI is InChI=1S/C21H29N3O2/c1-3-13-23(14-4-2)20(25)17-22-19-11-9-18(10-12-19)21(26)24-15-7-5-6-8-16-24/h3-4,9-12,22H,1-2,5-8,13-17H2. The first-order valence-corrected chi connectivity index (χ1v) is 9.28. The zero-order valence-corrected chi connectivity index (χ0v) is 15.5. The molecule has 1 aromatic rings. The largest absolute Gasteiger partial charge is 0.376 e. The van der Waals surface area contributed by atoms with E-state index in [4.69, 9.17) is 0 Å². The van der Waals surface area contributed by atoms with Crippen molar-refractivity contribution in [1.29, 1.82) is 0 Å². The van der Waals surface area contributed by atoms with Gasteiger partial charge in [0.1, 0.15) is 0 Å². The van der Waals surface area contributed by atoms with Gasteiger partial charge in [-0.15, -0.1) is 13.2 Å². The Bertz CT molecular complexity index is 607. The van der Waals surface area contributed by atoms with Crippen molar-refractivity contribution >= 4 is 17.5 Å². The second-order valence-electron chi connectivity index (χ2n) is 6.51. The fourth-order valence-corrected chi connectivity index (χ4v) is 3.07. The third-order valence-electron chi connectivity index (χ3n) is 4.52. The minimum Gasteiger partial charge on any atom is -0.376 e. The van der Waals surface area contributed by atoms with Crippen LogP contribution in [0.3, 0.4) is 0 Å². The SMILES string of the molecule is C=CCN(CC=C)C(=O)CNc1ccc(C(=O)N2CCCCCC2)cc1. The number of amides is 2. The Kier molecular flexibility index (Phi) is 7.93. The van der Waals surface area contributed by atoms with Crippen LogP contribution in [-0.2, 0) is 4.79 Å². The first-order chi connectivity index (χ1) is 12.7.